The quantitative estimate of drug-likeness (QED) is 0.775. The topological polar surface area (TPSA) is 62.2 Å². The van der Waals surface area contributed by atoms with E-state index in [-0.39, 0.29) is 18.8 Å². The lowest BCUT2D eigenvalue weighted by Gasteiger charge is -2.02. The number of hydrogen-bond acceptors (Lipinski definition) is 3. The number of aliphatic carboxylic acids is 1. The third-order valence-corrected chi connectivity index (χ3v) is 1.35. The minimum absolute atomic E-state index is 0. The summed E-state index contributed by atoms with van der Waals surface area (Å²) in [6, 6.07) is 3.59. The van der Waals surface area contributed by atoms with E-state index in [0.29, 0.717) is 6.54 Å². The van der Waals surface area contributed by atoms with Gasteiger partial charge >= 0.3 is 5.97 Å². The number of aromatic nitrogens is 1. The van der Waals surface area contributed by atoms with Gasteiger partial charge in [0.15, 0.2) is 0 Å². The third-order valence-electron chi connectivity index (χ3n) is 1.35. The van der Waals surface area contributed by atoms with Gasteiger partial charge < -0.3 is 10.4 Å². The summed E-state index contributed by atoms with van der Waals surface area (Å²) >= 11 is 0. The molecule has 1 aromatic rings. The number of nitrogens with zero attached hydrogens (tertiary/aromatic N) is 1. The predicted octanol–water partition coefficient (Wildman–Crippen LogP) is 1.39. The van der Waals surface area contributed by atoms with Crippen LogP contribution in [0.4, 0.5) is 5.69 Å². The fourth-order valence-corrected chi connectivity index (χ4v) is 0.784. The van der Waals surface area contributed by atoms with Crippen LogP contribution in [0.5, 0.6) is 0 Å². The second-order valence-corrected chi connectivity index (χ2v) is 2.31. The number of pyridine rings is 1. The van der Waals surface area contributed by atoms with Crippen molar-refractivity contribution in [2.45, 2.75) is 6.42 Å². The number of carboxylic acids is 1. The van der Waals surface area contributed by atoms with E-state index in [9.17, 15) is 4.79 Å². The van der Waals surface area contributed by atoms with Crippen LogP contribution in [-0.4, -0.2) is 22.6 Å². The Labute approximate surface area is 82.4 Å². The van der Waals surface area contributed by atoms with Gasteiger partial charge in [0, 0.05) is 24.6 Å². The summed E-state index contributed by atoms with van der Waals surface area (Å²) in [4.78, 5) is 14.0. The van der Waals surface area contributed by atoms with Crippen LogP contribution in [0.3, 0.4) is 0 Å². The van der Waals surface area contributed by atoms with Crippen molar-refractivity contribution in [2.75, 3.05) is 11.9 Å². The van der Waals surface area contributed by atoms with E-state index in [1.54, 1.807) is 24.5 Å². The predicted molar refractivity (Wildman–Crippen MR) is 52.2 cm³/mol. The molecule has 72 valence electrons. The minimum Gasteiger partial charge on any atom is -0.481 e. The third kappa shape index (κ3) is 5.03. The molecule has 0 unspecified atom stereocenters. The van der Waals surface area contributed by atoms with E-state index in [1.807, 2.05) is 0 Å². The van der Waals surface area contributed by atoms with Gasteiger partial charge in [-0.2, -0.15) is 0 Å². The van der Waals surface area contributed by atoms with Gasteiger partial charge in [0.25, 0.3) is 0 Å². The van der Waals surface area contributed by atoms with Crippen molar-refractivity contribution in [2.24, 2.45) is 0 Å². The largest absolute Gasteiger partial charge is 0.481 e. The summed E-state index contributed by atoms with van der Waals surface area (Å²) in [6.45, 7) is 0.444. The Balaban J connectivity index is 0.00000144. The molecule has 0 aliphatic heterocycles. The standard InChI is InChI=1S/C8H10N2O2.ClH/c11-8(12)3-6-10-7-1-4-9-5-2-7;/h1-2,4-5H,3,6H2,(H,9,10)(H,11,12);1H. The molecule has 0 aliphatic rings. The molecule has 0 bridgehead atoms. The number of carbonyl (C=O) groups is 1. The average Bonchev–Trinajstić information content (AvgIpc) is 2.05. The highest BCUT2D eigenvalue weighted by Crippen LogP contribution is 2.02. The zero-order valence-corrected chi connectivity index (χ0v) is 7.75. The van der Waals surface area contributed by atoms with E-state index < -0.39 is 5.97 Å². The molecule has 1 rings (SSSR count). The number of rotatable bonds is 4. The van der Waals surface area contributed by atoms with Crippen molar-refractivity contribution >= 4 is 24.1 Å². The molecule has 1 heterocycles. The van der Waals surface area contributed by atoms with E-state index in [1.165, 1.54) is 0 Å². The molecular weight excluding hydrogens is 192 g/mol. The lowest BCUT2D eigenvalue weighted by Crippen LogP contribution is -2.07. The first-order valence-electron chi connectivity index (χ1n) is 3.65. The number of nitrogens with one attached hydrogen (secondary N) is 1. The normalized spacial score (nSPS) is 8.62. The van der Waals surface area contributed by atoms with Crippen molar-refractivity contribution in [1.82, 2.24) is 4.98 Å². The zero-order chi connectivity index (χ0) is 8.81. The Morgan fingerprint density at radius 1 is 1.46 bits per heavy atom. The molecule has 0 saturated carbocycles. The van der Waals surface area contributed by atoms with Crippen molar-refractivity contribution in [3.63, 3.8) is 0 Å². The summed E-state index contributed by atoms with van der Waals surface area (Å²) in [5, 5.41) is 11.3. The van der Waals surface area contributed by atoms with Crippen LogP contribution in [0.2, 0.25) is 0 Å². The highest BCUT2D eigenvalue weighted by atomic mass is 35.5. The van der Waals surface area contributed by atoms with E-state index in [0.717, 1.165) is 5.69 Å². The Morgan fingerprint density at radius 3 is 2.62 bits per heavy atom. The Hall–Kier alpha value is -1.29. The van der Waals surface area contributed by atoms with Crippen LogP contribution in [0.1, 0.15) is 6.42 Å². The van der Waals surface area contributed by atoms with Crippen LogP contribution >= 0.6 is 12.4 Å². The molecule has 1 aromatic heterocycles. The zero-order valence-electron chi connectivity index (χ0n) is 6.93. The van der Waals surface area contributed by atoms with Gasteiger partial charge in [-0.25, -0.2) is 0 Å². The molecule has 4 nitrogen and oxygen atoms in total. The number of hydrogen-bond donors (Lipinski definition) is 2. The van der Waals surface area contributed by atoms with E-state index in [4.69, 9.17) is 5.11 Å². The minimum atomic E-state index is -0.795. The molecule has 2 N–H and O–H groups in total. The summed E-state index contributed by atoms with van der Waals surface area (Å²) in [7, 11) is 0. The maximum atomic E-state index is 10.1. The van der Waals surface area contributed by atoms with Crippen LogP contribution < -0.4 is 5.32 Å². The van der Waals surface area contributed by atoms with Crippen LogP contribution in [0.15, 0.2) is 24.5 Å². The highest BCUT2D eigenvalue weighted by Gasteiger charge is 1.95. The highest BCUT2D eigenvalue weighted by molar-refractivity contribution is 5.85. The first-order chi connectivity index (χ1) is 5.79. The van der Waals surface area contributed by atoms with Crippen LogP contribution in [0.25, 0.3) is 0 Å². The van der Waals surface area contributed by atoms with Gasteiger partial charge in [-0.1, -0.05) is 0 Å². The van der Waals surface area contributed by atoms with Gasteiger partial charge in [0.2, 0.25) is 0 Å². The number of anilines is 1. The smallest absolute Gasteiger partial charge is 0.305 e. The maximum Gasteiger partial charge on any atom is 0.305 e. The van der Waals surface area contributed by atoms with Crippen molar-refractivity contribution < 1.29 is 9.90 Å². The van der Waals surface area contributed by atoms with E-state index >= 15 is 0 Å². The average molecular weight is 203 g/mol. The lowest BCUT2D eigenvalue weighted by molar-refractivity contribution is -0.136. The Bertz CT molecular complexity index is 254. The second kappa shape index (κ2) is 6.25. The van der Waals surface area contributed by atoms with Crippen molar-refractivity contribution in [3.05, 3.63) is 24.5 Å². The molecule has 0 aromatic carbocycles. The Morgan fingerprint density at radius 2 is 2.08 bits per heavy atom. The van der Waals surface area contributed by atoms with Gasteiger partial charge in [0.1, 0.15) is 0 Å². The van der Waals surface area contributed by atoms with Gasteiger partial charge in [0.05, 0.1) is 6.42 Å². The maximum absolute atomic E-state index is 10.1. The molecule has 0 spiro atoms. The monoisotopic (exact) mass is 202 g/mol. The van der Waals surface area contributed by atoms with Crippen molar-refractivity contribution in [1.29, 1.82) is 0 Å². The molecule has 0 saturated heterocycles. The van der Waals surface area contributed by atoms with Gasteiger partial charge in [-0.05, 0) is 12.1 Å². The van der Waals surface area contributed by atoms with Gasteiger partial charge in [-0.3, -0.25) is 9.78 Å². The fourth-order valence-electron chi connectivity index (χ4n) is 0.784. The summed E-state index contributed by atoms with van der Waals surface area (Å²) < 4.78 is 0. The van der Waals surface area contributed by atoms with Crippen LogP contribution in [0, 0.1) is 0 Å². The number of halogens is 1. The summed E-state index contributed by atoms with van der Waals surface area (Å²) in [5.74, 6) is -0.795. The Kier molecular flexibility index (Phi) is 5.63. The van der Waals surface area contributed by atoms with Crippen molar-refractivity contribution in [3.8, 4) is 0 Å². The fraction of sp³-hybridized carbons (Fsp3) is 0.250. The summed E-state index contributed by atoms with van der Waals surface area (Å²) in [6.07, 6.45) is 3.44. The summed E-state index contributed by atoms with van der Waals surface area (Å²) in [5.41, 5.74) is 0.895. The molecule has 0 fully saturated rings. The molecule has 13 heavy (non-hydrogen) atoms. The molecule has 0 atom stereocenters. The van der Waals surface area contributed by atoms with Gasteiger partial charge in [-0.15, -0.1) is 12.4 Å². The molecule has 0 radical (unpaired) electrons. The molecule has 5 heteroatoms. The molecule has 0 aliphatic carbocycles. The molecule has 0 amide bonds. The SMILES string of the molecule is Cl.O=C(O)CCNc1ccncc1. The van der Waals surface area contributed by atoms with Crippen LogP contribution in [-0.2, 0) is 4.79 Å². The lowest BCUT2D eigenvalue weighted by atomic mass is 10.4. The second-order valence-electron chi connectivity index (χ2n) is 2.31. The first kappa shape index (κ1) is 11.7. The van der Waals surface area contributed by atoms with E-state index in [2.05, 4.69) is 10.3 Å². The number of carboxylic acid groups (broad SMARTS) is 1. The molecular formula is C8H11ClN2O2. The first-order valence-corrected chi connectivity index (χ1v) is 3.65.